The summed E-state index contributed by atoms with van der Waals surface area (Å²) >= 11 is 0. The maximum Gasteiger partial charge on any atom is 0.335 e. The fraction of sp³-hybridized carbons (Fsp3) is 0.207. The molecule has 0 spiro atoms. The van der Waals surface area contributed by atoms with E-state index in [0.717, 1.165) is 41.3 Å². The van der Waals surface area contributed by atoms with E-state index in [1.807, 2.05) is 30.3 Å². The third-order valence-corrected chi connectivity index (χ3v) is 6.21. The van der Waals surface area contributed by atoms with Crippen LogP contribution in [0, 0.1) is 5.82 Å². The molecule has 4 rings (SSSR count). The number of hydrogen-bond donors (Lipinski definition) is 1. The quantitative estimate of drug-likeness (QED) is 0.308. The zero-order valence-electron chi connectivity index (χ0n) is 18.8. The van der Waals surface area contributed by atoms with Crippen LogP contribution in [0.25, 0.3) is 21.9 Å². The minimum absolute atomic E-state index is 0.283. The highest BCUT2D eigenvalue weighted by Crippen LogP contribution is 2.32. The lowest BCUT2D eigenvalue weighted by molar-refractivity contribution is 0.0697. The van der Waals surface area contributed by atoms with Crippen LogP contribution in [0.3, 0.4) is 0 Å². The number of carboxylic acids is 1. The van der Waals surface area contributed by atoms with Crippen LogP contribution in [0.4, 0.5) is 4.39 Å². The summed E-state index contributed by atoms with van der Waals surface area (Å²) in [5.74, 6) is -0.683. The molecule has 0 saturated heterocycles. The number of aryl methyl sites for hydroxylation is 1. The third-order valence-electron chi connectivity index (χ3n) is 6.21. The second-order valence-electron chi connectivity index (χ2n) is 8.43. The number of ether oxygens (including phenoxy) is 1. The predicted molar refractivity (Wildman–Crippen MR) is 131 cm³/mol. The summed E-state index contributed by atoms with van der Waals surface area (Å²) in [6, 6.07) is 24.9. The van der Waals surface area contributed by atoms with Gasteiger partial charge in [0.2, 0.25) is 0 Å². The normalized spacial score (nSPS) is 12.0. The molecular formula is C29H27FO3. The monoisotopic (exact) mass is 442 g/mol. The van der Waals surface area contributed by atoms with Crippen molar-refractivity contribution in [3.63, 3.8) is 0 Å². The number of carbonyl (C=O) groups is 1. The van der Waals surface area contributed by atoms with Crippen molar-refractivity contribution >= 4 is 16.7 Å². The van der Waals surface area contributed by atoms with E-state index >= 15 is 0 Å². The van der Waals surface area contributed by atoms with Crippen LogP contribution in [0.5, 0.6) is 5.75 Å². The fourth-order valence-electron chi connectivity index (χ4n) is 4.31. The van der Waals surface area contributed by atoms with E-state index in [1.54, 1.807) is 18.2 Å². The van der Waals surface area contributed by atoms with Gasteiger partial charge in [0.25, 0.3) is 0 Å². The Morgan fingerprint density at radius 1 is 1.00 bits per heavy atom. The van der Waals surface area contributed by atoms with Gasteiger partial charge in [-0.1, -0.05) is 61.5 Å². The molecule has 1 N–H and O–H groups in total. The molecule has 0 aliphatic heterocycles. The predicted octanol–water partition coefficient (Wildman–Crippen LogP) is 7.48. The number of aromatic carboxylic acids is 1. The van der Waals surface area contributed by atoms with Crippen molar-refractivity contribution < 1.29 is 19.0 Å². The van der Waals surface area contributed by atoms with Gasteiger partial charge in [0, 0.05) is 0 Å². The molecule has 33 heavy (non-hydrogen) atoms. The molecule has 0 fully saturated rings. The van der Waals surface area contributed by atoms with Crippen molar-refractivity contribution in [3.8, 4) is 16.9 Å². The van der Waals surface area contributed by atoms with Gasteiger partial charge in [0.15, 0.2) is 11.6 Å². The first-order valence-electron chi connectivity index (χ1n) is 11.1. The summed E-state index contributed by atoms with van der Waals surface area (Å²) in [4.78, 5) is 11.2. The molecule has 0 aliphatic rings. The minimum atomic E-state index is -0.923. The average molecular weight is 443 g/mol. The highest BCUT2D eigenvalue weighted by atomic mass is 19.1. The van der Waals surface area contributed by atoms with Gasteiger partial charge >= 0.3 is 5.97 Å². The molecule has 0 amide bonds. The third kappa shape index (κ3) is 5.06. The van der Waals surface area contributed by atoms with Crippen molar-refractivity contribution in [3.05, 3.63) is 101 Å². The van der Waals surface area contributed by atoms with Crippen LogP contribution in [-0.4, -0.2) is 18.2 Å². The summed E-state index contributed by atoms with van der Waals surface area (Å²) in [5, 5.41) is 11.5. The highest BCUT2D eigenvalue weighted by molar-refractivity contribution is 5.98. The van der Waals surface area contributed by atoms with Crippen LogP contribution in [0.2, 0.25) is 0 Å². The van der Waals surface area contributed by atoms with Gasteiger partial charge in [0.05, 0.1) is 12.7 Å². The van der Waals surface area contributed by atoms with Gasteiger partial charge in [-0.15, -0.1) is 0 Å². The van der Waals surface area contributed by atoms with Gasteiger partial charge in [-0.05, 0) is 82.5 Å². The molecule has 0 heterocycles. The van der Waals surface area contributed by atoms with E-state index < -0.39 is 5.97 Å². The molecule has 0 saturated carbocycles. The number of benzene rings is 4. The molecule has 3 nitrogen and oxygen atoms in total. The Labute approximate surface area is 193 Å². The Bertz CT molecular complexity index is 1280. The SMILES string of the molecule is COc1cc([C@@H](C)CCCc2cc(-c3ccc(C(=O)O)cc3)c3ccccc3c2)ccc1F. The maximum atomic E-state index is 13.7. The number of carboxylic acid groups (broad SMARTS) is 1. The van der Waals surface area contributed by atoms with Gasteiger partial charge in [-0.3, -0.25) is 0 Å². The smallest absolute Gasteiger partial charge is 0.335 e. The standard InChI is InChI=1S/C29H27FO3/c1-19(23-14-15-27(30)28(18-23)33-2)6-5-7-20-16-24-8-3-4-9-25(24)26(17-20)21-10-12-22(13-11-21)29(31)32/h3-4,8-19H,5-7H2,1-2H3,(H,31,32)/t19-/m0/s1. The summed E-state index contributed by atoms with van der Waals surface area (Å²) in [6.07, 6.45) is 2.90. The molecule has 4 aromatic carbocycles. The molecule has 0 bridgehead atoms. The van der Waals surface area contributed by atoms with Crippen molar-refractivity contribution in [2.45, 2.75) is 32.1 Å². The van der Waals surface area contributed by atoms with E-state index in [9.17, 15) is 14.3 Å². The van der Waals surface area contributed by atoms with E-state index in [4.69, 9.17) is 4.74 Å². The second kappa shape index (κ2) is 9.86. The summed E-state index contributed by atoms with van der Waals surface area (Å²) < 4.78 is 18.8. The zero-order valence-corrected chi connectivity index (χ0v) is 18.8. The van der Waals surface area contributed by atoms with Crippen molar-refractivity contribution in [1.82, 2.24) is 0 Å². The van der Waals surface area contributed by atoms with Gasteiger partial charge in [-0.2, -0.15) is 0 Å². The van der Waals surface area contributed by atoms with E-state index in [1.165, 1.54) is 24.1 Å². The summed E-state index contributed by atoms with van der Waals surface area (Å²) in [5.41, 5.74) is 4.72. The van der Waals surface area contributed by atoms with Crippen LogP contribution >= 0.6 is 0 Å². The van der Waals surface area contributed by atoms with Crippen molar-refractivity contribution in [2.75, 3.05) is 7.11 Å². The van der Waals surface area contributed by atoms with Crippen LogP contribution in [0.15, 0.2) is 78.9 Å². The summed E-state index contributed by atoms with van der Waals surface area (Å²) in [6.45, 7) is 2.16. The maximum absolute atomic E-state index is 13.7. The van der Waals surface area contributed by atoms with E-state index in [0.29, 0.717) is 5.92 Å². The molecular weight excluding hydrogens is 415 g/mol. The van der Waals surface area contributed by atoms with Crippen molar-refractivity contribution in [2.24, 2.45) is 0 Å². The minimum Gasteiger partial charge on any atom is -0.494 e. The van der Waals surface area contributed by atoms with Crippen molar-refractivity contribution in [1.29, 1.82) is 0 Å². The lowest BCUT2D eigenvalue weighted by Gasteiger charge is -2.15. The van der Waals surface area contributed by atoms with Gasteiger partial charge < -0.3 is 9.84 Å². The molecule has 4 aromatic rings. The largest absolute Gasteiger partial charge is 0.494 e. The first kappa shape index (κ1) is 22.5. The second-order valence-corrected chi connectivity index (χ2v) is 8.43. The Hall–Kier alpha value is -3.66. The van der Waals surface area contributed by atoms with E-state index in [-0.39, 0.29) is 17.1 Å². The number of hydrogen-bond acceptors (Lipinski definition) is 2. The molecule has 1 atom stereocenters. The van der Waals surface area contributed by atoms with Crippen LogP contribution < -0.4 is 4.74 Å². The van der Waals surface area contributed by atoms with Gasteiger partial charge in [-0.25, -0.2) is 9.18 Å². The Morgan fingerprint density at radius 2 is 1.76 bits per heavy atom. The highest BCUT2D eigenvalue weighted by Gasteiger charge is 2.12. The topological polar surface area (TPSA) is 46.5 Å². The molecule has 0 radical (unpaired) electrons. The number of rotatable bonds is 8. The Morgan fingerprint density at radius 3 is 2.48 bits per heavy atom. The zero-order chi connectivity index (χ0) is 23.4. The lowest BCUT2D eigenvalue weighted by atomic mass is 9.91. The Balaban J connectivity index is 1.54. The first-order valence-corrected chi connectivity index (χ1v) is 11.1. The van der Waals surface area contributed by atoms with E-state index in [2.05, 4.69) is 31.2 Å². The Kier molecular flexibility index (Phi) is 6.74. The first-order chi connectivity index (χ1) is 16.0. The van der Waals surface area contributed by atoms with Crippen LogP contribution in [0.1, 0.15) is 47.2 Å². The number of halogens is 1. The molecule has 0 aliphatic carbocycles. The summed E-state index contributed by atoms with van der Waals surface area (Å²) in [7, 11) is 1.49. The van der Waals surface area contributed by atoms with Crippen LogP contribution in [-0.2, 0) is 6.42 Å². The number of methoxy groups -OCH3 is 1. The molecule has 0 aromatic heterocycles. The molecule has 168 valence electrons. The fourth-order valence-corrected chi connectivity index (χ4v) is 4.31. The molecule has 0 unspecified atom stereocenters. The number of fused-ring (bicyclic) bond motifs is 1. The van der Waals surface area contributed by atoms with Gasteiger partial charge in [0.1, 0.15) is 0 Å². The lowest BCUT2D eigenvalue weighted by Crippen LogP contribution is -1.98. The molecule has 4 heteroatoms. The average Bonchev–Trinajstić information content (AvgIpc) is 2.83.